The van der Waals surface area contributed by atoms with E-state index in [9.17, 15) is 0 Å². The van der Waals surface area contributed by atoms with Gasteiger partial charge >= 0.3 is 0 Å². The van der Waals surface area contributed by atoms with E-state index >= 15 is 0 Å². The Labute approximate surface area is 168 Å². The van der Waals surface area contributed by atoms with Crippen LogP contribution in [0.15, 0.2) is 78.9 Å². The topological polar surface area (TPSA) is 30.5 Å². The number of benzene rings is 3. The van der Waals surface area contributed by atoms with Crippen LogP contribution >= 0.6 is 0 Å². The van der Waals surface area contributed by atoms with Gasteiger partial charge in [0, 0.05) is 18.3 Å². The van der Waals surface area contributed by atoms with E-state index in [1.54, 1.807) is 0 Å². The number of anilines is 1. The maximum Gasteiger partial charge on any atom is 0.121 e. The molecule has 0 unspecified atom stereocenters. The lowest BCUT2D eigenvalue weighted by molar-refractivity contribution is 0.311. The molecule has 0 spiro atoms. The minimum absolute atomic E-state index is 0.717. The van der Waals surface area contributed by atoms with Crippen molar-refractivity contribution in [2.75, 3.05) is 18.5 Å². The Morgan fingerprint density at radius 3 is 2.25 bits per heavy atom. The molecule has 0 amide bonds. The Kier molecular flexibility index (Phi) is 7.80. The first-order chi connectivity index (χ1) is 13.8. The van der Waals surface area contributed by atoms with Crippen LogP contribution in [0.3, 0.4) is 0 Å². The summed E-state index contributed by atoms with van der Waals surface area (Å²) in [5.41, 5.74) is 3.61. The van der Waals surface area contributed by atoms with Crippen LogP contribution in [0.1, 0.15) is 30.9 Å². The molecule has 3 nitrogen and oxygen atoms in total. The van der Waals surface area contributed by atoms with Gasteiger partial charge in [-0.25, -0.2) is 0 Å². The predicted octanol–water partition coefficient (Wildman–Crippen LogP) is 6.10. The SMILES string of the molecule is CCCOc1cccc(CNc2cccc(OCCCc3ccccc3)c2)c1. The lowest BCUT2D eigenvalue weighted by atomic mass is 10.1. The summed E-state index contributed by atoms with van der Waals surface area (Å²) in [5, 5.41) is 3.47. The molecule has 0 aromatic heterocycles. The third-order valence-electron chi connectivity index (χ3n) is 4.42. The summed E-state index contributed by atoms with van der Waals surface area (Å²) in [5.74, 6) is 1.83. The van der Waals surface area contributed by atoms with E-state index in [4.69, 9.17) is 9.47 Å². The first kappa shape index (κ1) is 19.8. The van der Waals surface area contributed by atoms with Crippen molar-refractivity contribution in [3.8, 4) is 11.5 Å². The first-order valence-corrected chi connectivity index (χ1v) is 10.1. The molecule has 1 N–H and O–H groups in total. The van der Waals surface area contributed by atoms with E-state index in [2.05, 4.69) is 60.8 Å². The first-order valence-electron chi connectivity index (χ1n) is 10.1. The lowest BCUT2D eigenvalue weighted by Gasteiger charge is -2.11. The molecule has 0 atom stereocenters. The zero-order valence-corrected chi connectivity index (χ0v) is 16.6. The van der Waals surface area contributed by atoms with Crippen LogP contribution < -0.4 is 14.8 Å². The quantitative estimate of drug-likeness (QED) is 0.411. The Morgan fingerprint density at radius 1 is 0.714 bits per heavy atom. The van der Waals surface area contributed by atoms with E-state index < -0.39 is 0 Å². The highest BCUT2D eigenvalue weighted by Crippen LogP contribution is 2.20. The fraction of sp³-hybridized carbons (Fsp3) is 0.280. The molecule has 3 aromatic carbocycles. The number of aryl methyl sites for hydroxylation is 1. The average molecular weight is 376 g/mol. The van der Waals surface area contributed by atoms with Crippen molar-refractivity contribution in [2.45, 2.75) is 32.7 Å². The number of hydrogen-bond donors (Lipinski definition) is 1. The van der Waals surface area contributed by atoms with E-state index in [-0.39, 0.29) is 0 Å². The van der Waals surface area contributed by atoms with Gasteiger partial charge in [-0.2, -0.15) is 0 Å². The van der Waals surface area contributed by atoms with Gasteiger partial charge in [0.1, 0.15) is 11.5 Å². The summed E-state index contributed by atoms with van der Waals surface area (Å²) < 4.78 is 11.6. The molecular formula is C25H29NO2. The van der Waals surface area contributed by atoms with Gasteiger partial charge in [-0.15, -0.1) is 0 Å². The minimum atomic E-state index is 0.717. The van der Waals surface area contributed by atoms with Crippen LogP contribution in [-0.2, 0) is 13.0 Å². The molecule has 3 heteroatoms. The Balaban J connectivity index is 1.45. The summed E-state index contributed by atoms with van der Waals surface area (Å²) >= 11 is 0. The molecule has 0 saturated heterocycles. The van der Waals surface area contributed by atoms with Crippen LogP contribution in [0.4, 0.5) is 5.69 Å². The molecule has 0 aliphatic heterocycles. The molecular weight excluding hydrogens is 346 g/mol. The van der Waals surface area contributed by atoms with E-state index in [1.807, 2.05) is 30.3 Å². The van der Waals surface area contributed by atoms with Crippen molar-refractivity contribution in [3.05, 3.63) is 90.0 Å². The summed E-state index contributed by atoms with van der Waals surface area (Å²) in [6.07, 6.45) is 3.06. The van der Waals surface area contributed by atoms with Crippen molar-refractivity contribution in [2.24, 2.45) is 0 Å². The minimum Gasteiger partial charge on any atom is -0.494 e. The molecule has 0 aliphatic carbocycles. The van der Waals surface area contributed by atoms with Crippen LogP contribution in [-0.4, -0.2) is 13.2 Å². The average Bonchev–Trinajstić information content (AvgIpc) is 2.75. The number of rotatable bonds is 11. The highest BCUT2D eigenvalue weighted by molar-refractivity contribution is 5.48. The molecule has 28 heavy (non-hydrogen) atoms. The van der Waals surface area contributed by atoms with Crippen molar-refractivity contribution in [3.63, 3.8) is 0 Å². The largest absolute Gasteiger partial charge is 0.494 e. The van der Waals surface area contributed by atoms with Crippen molar-refractivity contribution < 1.29 is 9.47 Å². The molecule has 0 aliphatic rings. The van der Waals surface area contributed by atoms with E-state index in [0.29, 0.717) is 0 Å². The van der Waals surface area contributed by atoms with E-state index in [0.717, 1.165) is 56.2 Å². The summed E-state index contributed by atoms with van der Waals surface area (Å²) in [7, 11) is 0. The molecule has 146 valence electrons. The van der Waals surface area contributed by atoms with Gasteiger partial charge < -0.3 is 14.8 Å². The van der Waals surface area contributed by atoms with Gasteiger partial charge in [-0.3, -0.25) is 0 Å². The second-order valence-corrected chi connectivity index (χ2v) is 6.81. The van der Waals surface area contributed by atoms with Crippen molar-refractivity contribution >= 4 is 5.69 Å². The zero-order valence-electron chi connectivity index (χ0n) is 16.6. The maximum absolute atomic E-state index is 5.92. The standard InChI is InChI=1S/C25H29NO2/c1-2-16-27-24-14-6-11-22(18-24)20-26-23-13-7-15-25(19-23)28-17-8-12-21-9-4-3-5-10-21/h3-7,9-11,13-15,18-19,26H,2,8,12,16-17,20H2,1H3. The second kappa shape index (κ2) is 11.0. The van der Waals surface area contributed by atoms with Crippen LogP contribution in [0.2, 0.25) is 0 Å². The molecule has 0 fully saturated rings. The summed E-state index contributed by atoms with van der Waals surface area (Å²) in [6, 6.07) is 26.9. The fourth-order valence-corrected chi connectivity index (χ4v) is 2.98. The monoisotopic (exact) mass is 375 g/mol. The molecule has 0 saturated carbocycles. The molecule has 3 aromatic rings. The van der Waals surface area contributed by atoms with Crippen molar-refractivity contribution in [1.29, 1.82) is 0 Å². The van der Waals surface area contributed by atoms with Gasteiger partial charge in [-0.05, 0) is 54.7 Å². The smallest absolute Gasteiger partial charge is 0.121 e. The van der Waals surface area contributed by atoms with Crippen LogP contribution in [0.5, 0.6) is 11.5 Å². The predicted molar refractivity (Wildman–Crippen MR) is 116 cm³/mol. The summed E-state index contributed by atoms with van der Waals surface area (Å²) in [4.78, 5) is 0. The Morgan fingerprint density at radius 2 is 1.43 bits per heavy atom. The van der Waals surface area contributed by atoms with Gasteiger partial charge in [0.25, 0.3) is 0 Å². The van der Waals surface area contributed by atoms with Gasteiger partial charge in [0.2, 0.25) is 0 Å². The molecule has 3 rings (SSSR count). The van der Waals surface area contributed by atoms with E-state index in [1.165, 1.54) is 11.1 Å². The van der Waals surface area contributed by atoms with Crippen molar-refractivity contribution in [1.82, 2.24) is 0 Å². The highest BCUT2D eigenvalue weighted by atomic mass is 16.5. The number of ether oxygens (including phenoxy) is 2. The molecule has 0 radical (unpaired) electrons. The third-order valence-corrected chi connectivity index (χ3v) is 4.42. The number of hydrogen-bond acceptors (Lipinski definition) is 3. The Bertz CT molecular complexity index is 833. The van der Waals surface area contributed by atoms with Gasteiger partial charge in [0.15, 0.2) is 0 Å². The van der Waals surface area contributed by atoms with Gasteiger partial charge in [-0.1, -0.05) is 55.5 Å². The normalized spacial score (nSPS) is 10.5. The Hall–Kier alpha value is -2.94. The summed E-state index contributed by atoms with van der Waals surface area (Å²) in [6.45, 7) is 4.33. The molecule has 0 heterocycles. The second-order valence-electron chi connectivity index (χ2n) is 6.81. The zero-order chi connectivity index (χ0) is 19.4. The van der Waals surface area contributed by atoms with Crippen LogP contribution in [0.25, 0.3) is 0 Å². The third kappa shape index (κ3) is 6.66. The maximum atomic E-state index is 5.92. The fourth-order valence-electron chi connectivity index (χ4n) is 2.98. The van der Waals surface area contributed by atoms with Gasteiger partial charge in [0.05, 0.1) is 13.2 Å². The lowest BCUT2D eigenvalue weighted by Crippen LogP contribution is -2.02. The van der Waals surface area contributed by atoms with Crippen LogP contribution in [0, 0.1) is 0 Å². The molecule has 0 bridgehead atoms. The number of nitrogens with one attached hydrogen (secondary N) is 1. The highest BCUT2D eigenvalue weighted by Gasteiger charge is 2.00.